The van der Waals surface area contributed by atoms with Crippen LogP contribution in [0.1, 0.15) is 16.7 Å². The zero-order valence-electron chi connectivity index (χ0n) is 11.6. The van der Waals surface area contributed by atoms with E-state index in [-0.39, 0.29) is 10.8 Å². The molecule has 0 atom stereocenters. The van der Waals surface area contributed by atoms with Crippen molar-refractivity contribution in [1.82, 2.24) is 4.90 Å². The third-order valence-corrected chi connectivity index (χ3v) is 3.62. The van der Waals surface area contributed by atoms with E-state index in [1.54, 1.807) is 12.1 Å². The molecule has 0 bridgehead atoms. The molecule has 2 nitrogen and oxygen atoms in total. The minimum Gasteiger partial charge on any atom is -0.389 e. The minimum absolute atomic E-state index is 0.252. The lowest BCUT2D eigenvalue weighted by atomic mass is 10.1. The van der Waals surface area contributed by atoms with Crippen molar-refractivity contribution in [1.29, 1.82) is 0 Å². The van der Waals surface area contributed by atoms with Crippen LogP contribution >= 0.6 is 23.8 Å². The molecule has 0 radical (unpaired) electrons. The topological polar surface area (TPSA) is 29.3 Å². The Balaban J connectivity index is 2.08. The molecule has 0 heterocycles. The largest absolute Gasteiger partial charge is 0.389 e. The number of halogens is 2. The Bertz CT molecular complexity index is 643. The van der Waals surface area contributed by atoms with Gasteiger partial charge in [-0.2, -0.15) is 0 Å². The summed E-state index contributed by atoms with van der Waals surface area (Å²) in [6, 6.07) is 12.3. The lowest BCUT2D eigenvalue weighted by molar-refractivity contribution is 0.313. The first-order valence-electron chi connectivity index (χ1n) is 6.47. The molecule has 0 spiro atoms. The summed E-state index contributed by atoms with van der Waals surface area (Å²) in [4.78, 5) is 2.29. The first kappa shape index (κ1) is 15.9. The Hall–Kier alpha value is -1.49. The Morgan fingerprint density at radius 2 is 1.86 bits per heavy atom. The van der Waals surface area contributed by atoms with Crippen LogP contribution in [0.3, 0.4) is 0 Å². The fourth-order valence-corrected chi connectivity index (χ4v) is 2.35. The van der Waals surface area contributed by atoms with E-state index >= 15 is 0 Å². The fraction of sp³-hybridized carbons (Fsp3) is 0.188. The molecule has 0 aliphatic heterocycles. The van der Waals surface area contributed by atoms with Crippen LogP contribution in [0, 0.1) is 5.82 Å². The molecule has 2 rings (SSSR count). The van der Waals surface area contributed by atoms with Gasteiger partial charge in [-0.3, -0.25) is 4.90 Å². The second-order valence-electron chi connectivity index (χ2n) is 4.97. The van der Waals surface area contributed by atoms with Gasteiger partial charge in [-0.1, -0.05) is 36.0 Å². The Morgan fingerprint density at radius 3 is 2.48 bits per heavy atom. The molecule has 0 saturated carbocycles. The lowest BCUT2D eigenvalue weighted by Gasteiger charge is -2.18. The highest BCUT2D eigenvalue weighted by Crippen LogP contribution is 2.15. The van der Waals surface area contributed by atoms with Gasteiger partial charge in [0.05, 0.1) is 0 Å². The Kier molecular flexibility index (Phi) is 5.28. The van der Waals surface area contributed by atoms with Crippen LogP contribution in [-0.2, 0) is 13.1 Å². The minimum atomic E-state index is -0.252. The fourth-order valence-electron chi connectivity index (χ4n) is 2.10. The number of hydrogen-bond acceptors (Lipinski definition) is 2. The highest BCUT2D eigenvalue weighted by atomic mass is 35.5. The third-order valence-electron chi connectivity index (χ3n) is 3.14. The highest BCUT2D eigenvalue weighted by Gasteiger charge is 2.09. The molecule has 5 heteroatoms. The molecule has 2 N–H and O–H groups in total. The highest BCUT2D eigenvalue weighted by molar-refractivity contribution is 7.80. The third kappa shape index (κ3) is 4.49. The zero-order chi connectivity index (χ0) is 15.4. The van der Waals surface area contributed by atoms with E-state index in [1.165, 1.54) is 6.07 Å². The maximum Gasteiger partial charge on any atom is 0.127 e. The van der Waals surface area contributed by atoms with Crippen molar-refractivity contribution in [3.8, 4) is 0 Å². The van der Waals surface area contributed by atoms with E-state index in [0.717, 1.165) is 5.56 Å². The van der Waals surface area contributed by atoms with E-state index in [9.17, 15) is 4.39 Å². The summed E-state index contributed by atoms with van der Waals surface area (Å²) in [7, 11) is 1.93. The average molecular weight is 323 g/mol. The van der Waals surface area contributed by atoms with Crippen molar-refractivity contribution >= 4 is 28.8 Å². The monoisotopic (exact) mass is 322 g/mol. The number of nitrogens with two attached hydrogens (primary N) is 1. The van der Waals surface area contributed by atoms with Crippen molar-refractivity contribution in [2.24, 2.45) is 5.73 Å². The molecular formula is C16H16ClFN2S. The van der Waals surface area contributed by atoms with Crippen molar-refractivity contribution in [2.45, 2.75) is 13.1 Å². The maximum absolute atomic E-state index is 13.9. The average Bonchev–Trinajstić information content (AvgIpc) is 2.43. The molecule has 2 aromatic rings. The first-order valence-corrected chi connectivity index (χ1v) is 7.25. The van der Waals surface area contributed by atoms with Crippen molar-refractivity contribution in [2.75, 3.05) is 7.05 Å². The summed E-state index contributed by atoms with van der Waals surface area (Å²) in [5.41, 5.74) is 7.96. The van der Waals surface area contributed by atoms with Crippen LogP contribution in [0.2, 0.25) is 5.02 Å². The van der Waals surface area contributed by atoms with Gasteiger partial charge in [-0.25, -0.2) is 4.39 Å². The molecule has 0 amide bonds. The molecule has 2 aromatic carbocycles. The number of benzene rings is 2. The maximum atomic E-state index is 13.9. The van der Waals surface area contributed by atoms with Crippen LogP contribution in [0.15, 0.2) is 42.5 Å². The van der Waals surface area contributed by atoms with Gasteiger partial charge < -0.3 is 5.73 Å². The molecule has 0 aliphatic carbocycles. The number of nitrogens with zero attached hydrogens (tertiary/aromatic N) is 1. The standard InChI is InChI=1S/C16H16ClFN2S/c1-20(9-11-2-5-14(17)6-3-11)10-13-8-12(16(19)21)4-7-15(13)18/h2-8H,9-10H2,1H3,(H2,19,21). The predicted octanol–water partition coefficient (Wildman–Crippen LogP) is 3.75. The van der Waals surface area contributed by atoms with Crippen LogP contribution in [-0.4, -0.2) is 16.9 Å². The number of thiocarbonyl (C=S) groups is 1. The summed E-state index contributed by atoms with van der Waals surface area (Å²) in [5.74, 6) is -0.252. The predicted molar refractivity (Wildman–Crippen MR) is 88.9 cm³/mol. The van der Waals surface area contributed by atoms with Crippen LogP contribution in [0.5, 0.6) is 0 Å². The molecule has 0 fully saturated rings. The van der Waals surface area contributed by atoms with Crippen molar-refractivity contribution in [3.05, 3.63) is 70.0 Å². The van der Waals surface area contributed by atoms with Gasteiger partial charge in [0, 0.05) is 29.2 Å². The summed E-state index contributed by atoms with van der Waals surface area (Å²) < 4.78 is 13.9. The van der Waals surface area contributed by atoms with Gasteiger partial charge in [-0.15, -0.1) is 0 Å². The van der Waals surface area contributed by atoms with Gasteiger partial charge in [-0.05, 0) is 42.9 Å². The van der Waals surface area contributed by atoms with E-state index < -0.39 is 0 Å². The first-order chi connectivity index (χ1) is 9.95. The van der Waals surface area contributed by atoms with E-state index in [2.05, 4.69) is 0 Å². The van der Waals surface area contributed by atoms with Gasteiger partial charge in [0.1, 0.15) is 10.8 Å². The molecular weight excluding hydrogens is 307 g/mol. The van der Waals surface area contributed by atoms with Crippen molar-refractivity contribution < 1.29 is 4.39 Å². The smallest absolute Gasteiger partial charge is 0.127 e. The van der Waals surface area contributed by atoms with Crippen molar-refractivity contribution in [3.63, 3.8) is 0 Å². The van der Waals surface area contributed by atoms with Crippen LogP contribution in [0.4, 0.5) is 4.39 Å². The van der Waals surface area contributed by atoms with E-state index in [4.69, 9.17) is 29.6 Å². The van der Waals surface area contributed by atoms with E-state index in [1.807, 2.05) is 36.2 Å². The molecule has 0 unspecified atom stereocenters. The van der Waals surface area contributed by atoms with E-state index in [0.29, 0.717) is 29.2 Å². The number of hydrogen-bond donors (Lipinski definition) is 1. The Morgan fingerprint density at radius 1 is 1.19 bits per heavy atom. The molecule has 0 aromatic heterocycles. The second-order valence-corrected chi connectivity index (χ2v) is 5.85. The van der Waals surface area contributed by atoms with Gasteiger partial charge in [0.2, 0.25) is 0 Å². The Labute approximate surface area is 134 Å². The molecule has 0 saturated heterocycles. The SMILES string of the molecule is CN(Cc1ccc(Cl)cc1)Cc1cc(C(N)=S)ccc1F. The number of rotatable bonds is 5. The normalized spacial score (nSPS) is 10.9. The van der Waals surface area contributed by atoms with Gasteiger partial charge in [0.25, 0.3) is 0 Å². The van der Waals surface area contributed by atoms with Gasteiger partial charge in [0.15, 0.2) is 0 Å². The second kappa shape index (κ2) is 6.98. The lowest BCUT2D eigenvalue weighted by Crippen LogP contribution is -2.19. The zero-order valence-corrected chi connectivity index (χ0v) is 13.2. The van der Waals surface area contributed by atoms with Crippen LogP contribution < -0.4 is 5.73 Å². The quantitative estimate of drug-likeness (QED) is 0.850. The van der Waals surface area contributed by atoms with Crippen LogP contribution in [0.25, 0.3) is 0 Å². The summed E-state index contributed by atoms with van der Waals surface area (Å²) in [6.07, 6.45) is 0. The summed E-state index contributed by atoms with van der Waals surface area (Å²) in [6.45, 7) is 1.18. The molecule has 0 aliphatic rings. The molecule has 110 valence electrons. The summed E-state index contributed by atoms with van der Waals surface area (Å²) >= 11 is 10.8. The van der Waals surface area contributed by atoms with Gasteiger partial charge >= 0.3 is 0 Å². The summed E-state index contributed by atoms with van der Waals surface area (Å²) in [5, 5.41) is 0.705. The molecule has 21 heavy (non-hydrogen) atoms.